The number of piperidine rings is 1. The van der Waals surface area contributed by atoms with E-state index >= 15 is 0 Å². The van der Waals surface area contributed by atoms with Gasteiger partial charge in [-0.3, -0.25) is 39.0 Å². The Balaban J connectivity index is 1.91. The first kappa shape index (κ1) is 19.7. The summed E-state index contributed by atoms with van der Waals surface area (Å²) in [6.45, 7) is 5.29. The fraction of sp³-hybridized carbons (Fsp3) is 0.421. The molecule has 9 heteroatoms. The predicted octanol–water partition coefficient (Wildman–Crippen LogP) is 0.776. The maximum atomic E-state index is 13.0. The lowest BCUT2D eigenvalue weighted by Crippen LogP contribution is -2.54. The van der Waals surface area contributed by atoms with Crippen molar-refractivity contribution in [3.05, 3.63) is 34.9 Å². The van der Waals surface area contributed by atoms with E-state index in [9.17, 15) is 24.0 Å². The van der Waals surface area contributed by atoms with Crippen LogP contribution in [0.2, 0.25) is 0 Å². The van der Waals surface area contributed by atoms with Gasteiger partial charge in [0.15, 0.2) is 0 Å². The fourth-order valence-electron chi connectivity index (χ4n) is 3.33. The van der Waals surface area contributed by atoms with Gasteiger partial charge in [-0.15, -0.1) is 0 Å². The van der Waals surface area contributed by atoms with Gasteiger partial charge in [0.1, 0.15) is 6.04 Å². The number of carbonyl (C=O) groups excluding carboxylic acids is 5. The van der Waals surface area contributed by atoms with Crippen LogP contribution < -0.4 is 5.32 Å². The molecule has 5 amide bonds. The summed E-state index contributed by atoms with van der Waals surface area (Å²) in [6, 6.07) is 3.69. The van der Waals surface area contributed by atoms with Gasteiger partial charge in [0.2, 0.25) is 18.2 Å². The highest BCUT2D eigenvalue weighted by Crippen LogP contribution is 2.30. The van der Waals surface area contributed by atoms with Gasteiger partial charge in [-0.1, -0.05) is 12.1 Å². The molecule has 0 aliphatic carbocycles. The lowest BCUT2D eigenvalue weighted by Gasteiger charge is -2.28. The van der Waals surface area contributed by atoms with Crippen LogP contribution >= 0.6 is 0 Å². The molecule has 1 atom stereocenters. The Bertz CT molecular complexity index is 873. The van der Waals surface area contributed by atoms with Crippen molar-refractivity contribution in [3.63, 3.8) is 0 Å². The van der Waals surface area contributed by atoms with Crippen LogP contribution in [0.15, 0.2) is 18.2 Å². The number of imide groups is 2. The molecule has 0 spiro atoms. The van der Waals surface area contributed by atoms with E-state index in [1.165, 1.54) is 6.07 Å². The molecule has 2 aliphatic heterocycles. The number of benzene rings is 1. The maximum absolute atomic E-state index is 13.0. The zero-order chi connectivity index (χ0) is 20.6. The molecule has 3 rings (SSSR count). The van der Waals surface area contributed by atoms with Crippen molar-refractivity contribution in [1.82, 2.24) is 15.3 Å². The number of hydrogen-bond donors (Lipinski definition) is 1. The maximum Gasteiger partial charge on any atom is 0.262 e. The van der Waals surface area contributed by atoms with Crippen LogP contribution in [0, 0.1) is 0 Å². The van der Waals surface area contributed by atoms with E-state index in [1.54, 1.807) is 32.9 Å². The quantitative estimate of drug-likeness (QED) is 0.454. The van der Waals surface area contributed by atoms with E-state index in [4.69, 9.17) is 4.84 Å². The Labute approximate surface area is 161 Å². The Hall–Kier alpha value is -3.07. The molecule has 1 aromatic carbocycles. The molecule has 9 nitrogen and oxygen atoms in total. The predicted molar refractivity (Wildman–Crippen MR) is 95.6 cm³/mol. The van der Waals surface area contributed by atoms with Crippen LogP contribution in [-0.4, -0.2) is 51.6 Å². The van der Waals surface area contributed by atoms with Gasteiger partial charge in [-0.25, -0.2) is 5.06 Å². The minimum Gasteiger partial charge on any atom is -0.295 e. The van der Waals surface area contributed by atoms with E-state index < -0.39 is 35.3 Å². The SMILES string of the molecule is CC(C)(C)ON(C=O)Cc1cccc2c1C(=O)N(C1CCC(=O)NC1=O)C2=O. The van der Waals surface area contributed by atoms with Gasteiger partial charge in [0.25, 0.3) is 11.8 Å². The molecule has 0 bridgehead atoms. The second-order valence-corrected chi connectivity index (χ2v) is 7.67. The molecule has 1 N–H and O–H groups in total. The Morgan fingerprint density at radius 2 is 1.93 bits per heavy atom. The van der Waals surface area contributed by atoms with Crippen molar-refractivity contribution in [2.45, 2.75) is 51.8 Å². The molecule has 0 aromatic heterocycles. The summed E-state index contributed by atoms with van der Waals surface area (Å²) >= 11 is 0. The molecule has 0 radical (unpaired) electrons. The number of carbonyl (C=O) groups is 5. The third kappa shape index (κ3) is 3.65. The highest BCUT2D eigenvalue weighted by Gasteiger charge is 2.45. The number of amides is 5. The molecule has 1 saturated heterocycles. The van der Waals surface area contributed by atoms with E-state index in [-0.39, 0.29) is 30.5 Å². The molecule has 1 fully saturated rings. The average Bonchev–Trinajstić information content (AvgIpc) is 2.85. The van der Waals surface area contributed by atoms with Crippen LogP contribution in [-0.2, 0) is 25.8 Å². The van der Waals surface area contributed by atoms with Crippen molar-refractivity contribution in [3.8, 4) is 0 Å². The highest BCUT2D eigenvalue weighted by atomic mass is 16.7. The number of rotatable bonds is 5. The molecule has 28 heavy (non-hydrogen) atoms. The normalized spacial score (nSPS) is 19.5. The second kappa shape index (κ2) is 7.16. The van der Waals surface area contributed by atoms with Crippen LogP contribution in [0.3, 0.4) is 0 Å². The topological polar surface area (TPSA) is 113 Å². The Morgan fingerprint density at radius 1 is 1.21 bits per heavy atom. The van der Waals surface area contributed by atoms with E-state index in [0.29, 0.717) is 12.0 Å². The first-order valence-electron chi connectivity index (χ1n) is 8.87. The standard InChI is InChI=1S/C19H21N3O6/c1-19(2,3)28-21(10-23)9-11-5-4-6-12-15(11)18(27)22(17(12)26)13-7-8-14(24)20-16(13)25/h4-6,10,13H,7-9H2,1-3H3,(H,20,24,25). The van der Waals surface area contributed by atoms with Gasteiger partial charge in [0.05, 0.1) is 23.3 Å². The minimum atomic E-state index is -1.04. The zero-order valence-electron chi connectivity index (χ0n) is 15.9. The molecule has 1 aromatic rings. The van der Waals surface area contributed by atoms with Gasteiger partial charge in [-0.2, -0.15) is 0 Å². The molecule has 2 aliphatic rings. The van der Waals surface area contributed by atoms with Crippen molar-refractivity contribution in [2.75, 3.05) is 0 Å². The summed E-state index contributed by atoms with van der Waals surface area (Å²) in [5.74, 6) is -2.31. The Morgan fingerprint density at radius 3 is 2.54 bits per heavy atom. The summed E-state index contributed by atoms with van der Waals surface area (Å²) in [6.07, 6.45) is 0.637. The molecule has 148 valence electrons. The molecule has 2 heterocycles. The summed E-state index contributed by atoms with van der Waals surface area (Å²) in [5, 5.41) is 3.21. The minimum absolute atomic E-state index is 0.0356. The van der Waals surface area contributed by atoms with Crippen molar-refractivity contribution in [1.29, 1.82) is 0 Å². The monoisotopic (exact) mass is 387 g/mol. The summed E-state index contributed by atoms with van der Waals surface area (Å²) < 4.78 is 0. The first-order chi connectivity index (χ1) is 13.1. The number of nitrogens with one attached hydrogen (secondary N) is 1. The lowest BCUT2D eigenvalue weighted by molar-refractivity contribution is -0.220. The second-order valence-electron chi connectivity index (χ2n) is 7.67. The molecule has 1 unspecified atom stereocenters. The number of hydroxylamine groups is 2. The van der Waals surface area contributed by atoms with Crippen molar-refractivity contribution < 1.29 is 28.8 Å². The number of nitrogens with zero attached hydrogens (tertiary/aromatic N) is 2. The van der Waals surface area contributed by atoms with Crippen LogP contribution in [0.1, 0.15) is 59.9 Å². The van der Waals surface area contributed by atoms with Crippen molar-refractivity contribution >= 4 is 30.0 Å². The van der Waals surface area contributed by atoms with E-state index in [1.807, 2.05) is 0 Å². The largest absolute Gasteiger partial charge is 0.295 e. The van der Waals surface area contributed by atoms with Gasteiger partial charge in [-0.05, 0) is 38.8 Å². The van der Waals surface area contributed by atoms with E-state index in [2.05, 4.69) is 5.32 Å². The van der Waals surface area contributed by atoms with E-state index in [0.717, 1.165) is 9.96 Å². The van der Waals surface area contributed by atoms with Crippen LogP contribution in [0.5, 0.6) is 0 Å². The molecular weight excluding hydrogens is 366 g/mol. The zero-order valence-corrected chi connectivity index (χ0v) is 15.9. The first-order valence-corrected chi connectivity index (χ1v) is 8.87. The smallest absolute Gasteiger partial charge is 0.262 e. The van der Waals surface area contributed by atoms with Gasteiger partial charge < -0.3 is 0 Å². The van der Waals surface area contributed by atoms with Gasteiger partial charge in [0, 0.05) is 6.42 Å². The molecule has 0 saturated carbocycles. The average molecular weight is 387 g/mol. The van der Waals surface area contributed by atoms with Crippen molar-refractivity contribution in [2.24, 2.45) is 0 Å². The third-order valence-electron chi connectivity index (χ3n) is 4.39. The number of fused-ring (bicyclic) bond motifs is 1. The summed E-state index contributed by atoms with van der Waals surface area (Å²) in [7, 11) is 0. The van der Waals surface area contributed by atoms with Gasteiger partial charge >= 0.3 is 0 Å². The van der Waals surface area contributed by atoms with Crippen LogP contribution in [0.25, 0.3) is 0 Å². The van der Waals surface area contributed by atoms with Crippen LogP contribution in [0.4, 0.5) is 0 Å². The number of hydrogen-bond acceptors (Lipinski definition) is 6. The fourth-order valence-corrected chi connectivity index (χ4v) is 3.33. The summed E-state index contributed by atoms with van der Waals surface area (Å²) in [5.41, 5.74) is 0.106. The summed E-state index contributed by atoms with van der Waals surface area (Å²) in [4.78, 5) is 67.1. The lowest BCUT2D eigenvalue weighted by atomic mass is 10.0. The molecular formula is C19H21N3O6. The Kier molecular flexibility index (Phi) is 5.03. The third-order valence-corrected chi connectivity index (χ3v) is 4.39. The highest BCUT2D eigenvalue weighted by molar-refractivity contribution is 6.24.